The number of hydrogen-bond acceptors (Lipinski definition) is 5. The number of aromatic nitrogens is 2. The number of H-pyrrole nitrogens is 1. The maximum absolute atomic E-state index is 13.0. The van der Waals surface area contributed by atoms with Gasteiger partial charge in [-0.3, -0.25) is 14.8 Å². The van der Waals surface area contributed by atoms with Crippen molar-refractivity contribution in [1.82, 2.24) is 14.7 Å². The SMILES string of the molecule is COc1ccc(CN2CCc3[nH]n(-c4ccc5c(c4)OCO5)c(=O)c3C2)cc1. The van der Waals surface area contributed by atoms with Gasteiger partial charge in [0.1, 0.15) is 5.75 Å². The van der Waals surface area contributed by atoms with Gasteiger partial charge in [0.05, 0.1) is 18.4 Å². The summed E-state index contributed by atoms with van der Waals surface area (Å²) in [7, 11) is 1.66. The molecule has 28 heavy (non-hydrogen) atoms. The molecule has 0 radical (unpaired) electrons. The summed E-state index contributed by atoms with van der Waals surface area (Å²) in [5.74, 6) is 2.22. The molecule has 0 fully saturated rings. The predicted octanol–water partition coefficient (Wildman–Crippen LogP) is 2.46. The van der Waals surface area contributed by atoms with Gasteiger partial charge in [-0.1, -0.05) is 12.1 Å². The lowest BCUT2D eigenvalue weighted by Gasteiger charge is -2.25. The van der Waals surface area contributed by atoms with Crippen LogP contribution in [0.15, 0.2) is 47.3 Å². The van der Waals surface area contributed by atoms with E-state index in [0.717, 1.165) is 42.2 Å². The van der Waals surface area contributed by atoms with E-state index in [1.165, 1.54) is 5.56 Å². The minimum atomic E-state index is -0.00621. The highest BCUT2D eigenvalue weighted by molar-refractivity contribution is 5.50. The Hall–Kier alpha value is -3.19. The Morgan fingerprint density at radius 1 is 1.11 bits per heavy atom. The number of hydrogen-bond donors (Lipinski definition) is 1. The lowest BCUT2D eigenvalue weighted by molar-refractivity contribution is 0.174. The largest absolute Gasteiger partial charge is 0.497 e. The van der Waals surface area contributed by atoms with Crippen LogP contribution in [-0.2, 0) is 19.5 Å². The highest BCUT2D eigenvalue weighted by Crippen LogP contribution is 2.33. The van der Waals surface area contributed by atoms with Gasteiger partial charge in [-0.05, 0) is 29.8 Å². The lowest BCUT2D eigenvalue weighted by Crippen LogP contribution is -2.32. The summed E-state index contributed by atoms with van der Waals surface area (Å²) >= 11 is 0. The first-order valence-electron chi connectivity index (χ1n) is 9.29. The van der Waals surface area contributed by atoms with Crippen LogP contribution in [-0.4, -0.2) is 35.1 Å². The Kier molecular flexibility index (Phi) is 4.09. The van der Waals surface area contributed by atoms with E-state index in [9.17, 15) is 4.79 Å². The number of ether oxygens (including phenoxy) is 3. The number of nitrogens with one attached hydrogen (secondary N) is 1. The van der Waals surface area contributed by atoms with Gasteiger partial charge >= 0.3 is 0 Å². The summed E-state index contributed by atoms with van der Waals surface area (Å²) < 4.78 is 17.6. The van der Waals surface area contributed by atoms with Crippen LogP contribution < -0.4 is 19.8 Å². The van der Waals surface area contributed by atoms with E-state index in [-0.39, 0.29) is 12.4 Å². The number of fused-ring (bicyclic) bond motifs is 2. The van der Waals surface area contributed by atoms with E-state index in [1.54, 1.807) is 11.8 Å². The second-order valence-corrected chi connectivity index (χ2v) is 7.06. The Morgan fingerprint density at radius 2 is 1.93 bits per heavy atom. The van der Waals surface area contributed by atoms with Gasteiger partial charge in [0.2, 0.25) is 6.79 Å². The molecule has 0 bridgehead atoms. The van der Waals surface area contributed by atoms with Crippen molar-refractivity contribution in [3.05, 3.63) is 69.6 Å². The molecule has 0 atom stereocenters. The minimum Gasteiger partial charge on any atom is -0.497 e. The van der Waals surface area contributed by atoms with Crippen molar-refractivity contribution in [2.75, 3.05) is 20.4 Å². The lowest BCUT2D eigenvalue weighted by atomic mass is 10.1. The molecule has 0 unspecified atom stereocenters. The van der Waals surface area contributed by atoms with Crippen LogP contribution in [0.25, 0.3) is 5.69 Å². The van der Waals surface area contributed by atoms with Crippen LogP contribution in [0.2, 0.25) is 0 Å². The summed E-state index contributed by atoms with van der Waals surface area (Å²) in [5.41, 5.74) is 3.79. The number of methoxy groups -OCH3 is 1. The van der Waals surface area contributed by atoms with Crippen LogP contribution in [0, 0.1) is 0 Å². The molecule has 0 saturated heterocycles. The van der Waals surface area contributed by atoms with Gasteiger partial charge in [-0.2, -0.15) is 0 Å². The number of nitrogens with zero attached hydrogens (tertiary/aromatic N) is 2. The predicted molar refractivity (Wildman–Crippen MR) is 103 cm³/mol. The zero-order valence-corrected chi connectivity index (χ0v) is 15.6. The van der Waals surface area contributed by atoms with E-state index < -0.39 is 0 Å². The molecule has 0 aliphatic carbocycles. The highest BCUT2D eigenvalue weighted by atomic mass is 16.7. The quantitative estimate of drug-likeness (QED) is 0.754. The molecule has 7 nitrogen and oxygen atoms in total. The third-order valence-corrected chi connectivity index (χ3v) is 5.31. The summed E-state index contributed by atoms with van der Waals surface area (Å²) in [6.07, 6.45) is 0.818. The van der Waals surface area contributed by atoms with Gasteiger partial charge in [-0.15, -0.1) is 0 Å². The maximum atomic E-state index is 13.0. The maximum Gasteiger partial charge on any atom is 0.275 e. The number of aromatic amines is 1. The van der Waals surface area contributed by atoms with Gasteiger partial charge < -0.3 is 14.2 Å². The third-order valence-electron chi connectivity index (χ3n) is 5.31. The monoisotopic (exact) mass is 379 g/mol. The summed E-state index contributed by atoms with van der Waals surface area (Å²) in [5, 5.41) is 3.27. The normalized spacial score (nSPS) is 15.5. The summed E-state index contributed by atoms with van der Waals surface area (Å²) in [6.45, 7) is 2.56. The van der Waals surface area contributed by atoms with E-state index in [0.29, 0.717) is 18.0 Å². The van der Waals surface area contributed by atoms with Gasteiger partial charge in [0.25, 0.3) is 5.56 Å². The molecule has 2 aliphatic heterocycles. The van der Waals surface area contributed by atoms with Crippen LogP contribution in [0.5, 0.6) is 17.2 Å². The average molecular weight is 379 g/mol. The molecule has 5 rings (SSSR count). The first-order chi connectivity index (χ1) is 13.7. The fourth-order valence-corrected chi connectivity index (χ4v) is 3.79. The average Bonchev–Trinajstić information content (AvgIpc) is 3.32. The molecule has 3 heterocycles. The molecule has 0 spiro atoms. The van der Waals surface area contributed by atoms with Crippen molar-refractivity contribution >= 4 is 0 Å². The van der Waals surface area contributed by atoms with Crippen molar-refractivity contribution in [1.29, 1.82) is 0 Å². The molecule has 0 saturated carbocycles. The minimum absolute atomic E-state index is 0.00621. The second kappa shape index (κ2) is 6.76. The molecular formula is C21H21N3O4. The Labute approximate surface area is 162 Å². The molecule has 7 heteroatoms. The van der Waals surface area contributed by atoms with E-state index in [4.69, 9.17) is 14.2 Å². The molecule has 2 aliphatic rings. The fraction of sp³-hybridized carbons (Fsp3) is 0.286. The smallest absolute Gasteiger partial charge is 0.275 e. The van der Waals surface area contributed by atoms with E-state index in [2.05, 4.69) is 22.1 Å². The van der Waals surface area contributed by atoms with Crippen molar-refractivity contribution in [2.24, 2.45) is 0 Å². The highest BCUT2D eigenvalue weighted by Gasteiger charge is 2.24. The first-order valence-corrected chi connectivity index (χ1v) is 9.29. The van der Waals surface area contributed by atoms with Crippen LogP contribution >= 0.6 is 0 Å². The molecule has 1 N–H and O–H groups in total. The topological polar surface area (TPSA) is 68.7 Å². The van der Waals surface area contributed by atoms with E-state index in [1.807, 2.05) is 30.3 Å². The fourth-order valence-electron chi connectivity index (χ4n) is 3.79. The Balaban J connectivity index is 1.38. The standard InChI is InChI=1S/C21H21N3O4/c1-26-16-5-2-14(3-6-16)11-23-9-8-18-17(12-23)21(25)24(22-18)15-4-7-19-20(10-15)28-13-27-19/h2-7,10,22H,8-9,11-13H2,1H3. The molecule has 1 aromatic heterocycles. The molecular weight excluding hydrogens is 358 g/mol. The van der Waals surface area contributed by atoms with Gasteiger partial charge in [0, 0.05) is 37.8 Å². The molecule has 3 aromatic rings. The first kappa shape index (κ1) is 16.9. The Bertz CT molecular complexity index is 1070. The van der Waals surface area contributed by atoms with Crippen molar-refractivity contribution in [3.8, 4) is 22.9 Å². The molecule has 2 aromatic carbocycles. The van der Waals surface area contributed by atoms with Crippen LogP contribution in [0.3, 0.4) is 0 Å². The number of rotatable bonds is 4. The second-order valence-electron chi connectivity index (χ2n) is 7.06. The van der Waals surface area contributed by atoms with Gasteiger partial charge in [-0.25, -0.2) is 4.68 Å². The Morgan fingerprint density at radius 3 is 2.75 bits per heavy atom. The van der Waals surface area contributed by atoms with Crippen LogP contribution in [0.1, 0.15) is 16.8 Å². The van der Waals surface area contributed by atoms with Crippen LogP contribution in [0.4, 0.5) is 0 Å². The zero-order valence-electron chi connectivity index (χ0n) is 15.6. The summed E-state index contributed by atoms with van der Waals surface area (Å²) in [6, 6.07) is 13.6. The van der Waals surface area contributed by atoms with Crippen molar-refractivity contribution in [3.63, 3.8) is 0 Å². The number of benzene rings is 2. The zero-order chi connectivity index (χ0) is 19.1. The molecule has 0 amide bonds. The van der Waals surface area contributed by atoms with E-state index >= 15 is 0 Å². The molecule has 144 valence electrons. The summed E-state index contributed by atoms with van der Waals surface area (Å²) in [4.78, 5) is 15.3. The third kappa shape index (κ3) is 2.93. The van der Waals surface area contributed by atoms with Crippen molar-refractivity contribution < 1.29 is 14.2 Å². The van der Waals surface area contributed by atoms with Gasteiger partial charge in [0.15, 0.2) is 11.5 Å². The van der Waals surface area contributed by atoms with Crippen molar-refractivity contribution in [2.45, 2.75) is 19.5 Å².